The van der Waals surface area contributed by atoms with E-state index in [1.165, 1.54) is 5.56 Å². The van der Waals surface area contributed by atoms with Crippen LogP contribution in [0.25, 0.3) is 0 Å². The first-order chi connectivity index (χ1) is 6.74. The Kier molecular flexibility index (Phi) is 3.00. The van der Waals surface area contributed by atoms with Gasteiger partial charge in [0.1, 0.15) is 0 Å². The SMILES string of the molecule is CNC1CCNc2c(Cl)ccc(Br)c21. The van der Waals surface area contributed by atoms with Crippen LogP contribution in [0.4, 0.5) is 5.69 Å². The fourth-order valence-corrected chi connectivity index (χ4v) is 2.70. The number of hydrogen-bond acceptors (Lipinski definition) is 2. The summed E-state index contributed by atoms with van der Waals surface area (Å²) in [6.45, 7) is 0.967. The summed E-state index contributed by atoms with van der Waals surface area (Å²) in [6.07, 6.45) is 1.09. The maximum absolute atomic E-state index is 6.13. The van der Waals surface area contributed by atoms with Gasteiger partial charge in [0.05, 0.1) is 10.7 Å². The molecule has 0 aliphatic carbocycles. The number of anilines is 1. The third kappa shape index (κ3) is 1.64. The summed E-state index contributed by atoms with van der Waals surface area (Å²) in [6, 6.07) is 4.30. The van der Waals surface area contributed by atoms with Crippen molar-refractivity contribution in [2.45, 2.75) is 12.5 Å². The van der Waals surface area contributed by atoms with E-state index < -0.39 is 0 Å². The second-order valence-electron chi connectivity index (χ2n) is 3.37. The van der Waals surface area contributed by atoms with Gasteiger partial charge in [-0.05, 0) is 25.6 Å². The van der Waals surface area contributed by atoms with E-state index in [9.17, 15) is 0 Å². The fourth-order valence-electron chi connectivity index (χ4n) is 1.86. The van der Waals surface area contributed by atoms with Crippen LogP contribution in [0.3, 0.4) is 0 Å². The van der Waals surface area contributed by atoms with Crippen molar-refractivity contribution in [2.75, 3.05) is 18.9 Å². The van der Waals surface area contributed by atoms with Crippen LogP contribution >= 0.6 is 27.5 Å². The van der Waals surface area contributed by atoms with Gasteiger partial charge in [-0.15, -0.1) is 0 Å². The van der Waals surface area contributed by atoms with Crippen molar-refractivity contribution in [2.24, 2.45) is 0 Å². The van der Waals surface area contributed by atoms with Crippen LogP contribution in [0.2, 0.25) is 5.02 Å². The first-order valence-electron chi connectivity index (χ1n) is 4.63. The molecule has 1 atom stereocenters. The third-order valence-electron chi connectivity index (χ3n) is 2.57. The van der Waals surface area contributed by atoms with Crippen molar-refractivity contribution in [1.29, 1.82) is 0 Å². The Morgan fingerprint density at radius 1 is 1.57 bits per heavy atom. The summed E-state index contributed by atoms with van der Waals surface area (Å²) in [5.41, 5.74) is 2.30. The number of nitrogens with one attached hydrogen (secondary N) is 2. The summed E-state index contributed by atoms with van der Waals surface area (Å²) in [7, 11) is 1.98. The Hall–Kier alpha value is -0.250. The molecule has 0 bridgehead atoms. The molecule has 1 aliphatic heterocycles. The zero-order valence-electron chi connectivity index (χ0n) is 7.90. The van der Waals surface area contributed by atoms with Crippen LogP contribution in [-0.2, 0) is 0 Å². The normalized spacial score (nSPS) is 20.1. The minimum Gasteiger partial charge on any atom is -0.383 e. The van der Waals surface area contributed by atoms with Crippen LogP contribution in [0.15, 0.2) is 16.6 Å². The highest BCUT2D eigenvalue weighted by molar-refractivity contribution is 9.10. The van der Waals surface area contributed by atoms with E-state index in [-0.39, 0.29) is 0 Å². The largest absolute Gasteiger partial charge is 0.383 e. The molecule has 0 saturated carbocycles. The van der Waals surface area contributed by atoms with Crippen LogP contribution in [0.5, 0.6) is 0 Å². The molecule has 2 N–H and O–H groups in total. The van der Waals surface area contributed by atoms with E-state index in [2.05, 4.69) is 26.6 Å². The molecule has 1 aliphatic rings. The van der Waals surface area contributed by atoms with Gasteiger partial charge in [0.25, 0.3) is 0 Å². The van der Waals surface area contributed by atoms with Gasteiger partial charge in [0.15, 0.2) is 0 Å². The lowest BCUT2D eigenvalue weighted by Gasteiger charge is -2.28. The monoisotopic (exact) mass is 274 g/mol. The average Bonchev–Trinajstić information content (AvgIpc) is 2.23. The first-order valence-corrected chi connectivity index (χ1v) is 5.80. The van der Waals surface area contributed by atoms with Crippen LogP contribution in [0, 0.1) is 0 Å². The molecule has 1 unspecified atom stereocenters. The van der Waals surface area contributed by atoms with Gasteiger partial charge >= 0.3 is 0 Å². The van der Waals surface area contributed by atoms with Crippen molar-refractivity contribution < 1.29 is 0 Å². The minimum atomic E-state index is 0.388. The second kappa shape index (κ2) is 4.09. The maximum atomic E-state index is 6.13. The lowest BCUT2D eigenvalue weighted by Crippen LogP contribution is -2.26. The molecule has 0 amide bonds. The molecular weight excluding hydrogens is 263 g/mol. The Morgan fingerprint density at radius 3 is 3.07 bits per heavy atom. The first kappa shape index (κ1) is 10.3. The topological polar surface area (TPSA) is 24.1 Å². The van der Waals surface area contributed by atoms with Crippen molar-refractivity contribution in [3.8, 4) is 0 Å². The molecule has 76 valence electrons. The number of hydrogen-bond donors (Lipinski definition) is 2. The van der Waals surface area contributed by atoms with Crippen LogP contribution in [-0.4, -0.2) is 13.6 Å². The van der Waals surface area contributed by atoms with Gasteiger partial charge in [-0.25, -0.2) is 0 Å². The molecule has 0 radical (unpaired) electrons. The quantitative estimate of drug-likeness (QED) is 0.822. The van der Waals surface area contributed by atoms with Gasteiger partial charge in [-0.1, -0.05) is 27.5 Å². The number of halogens is 2. The van der Waals surface area contributed by atoms with Gasteiger partial charge in [-0.2, -0.15) is 0 Å². The highest BCUT2D eigenvalue weighted by atomic mass is 79.9. The van der Waals surface area contributed by atoms with Gasteiger partial charge in [0.2, 0.25) is 0 Å². The van der Waals surface area contributed by atoms with Crippen LogP contribution < -0.4 is 10.6 Å². The lowest BCUT2D eigenvalue weighted by atomic mass is 9.98. The molecule has 1 aromatic rings. The Morgan fingerprint density at radius 2 is 2.36 bits per heavy atom. The summed E-state index contributed by atoms with van der Waals surface area (Å²) in [4.78, 5) is 0. The molecule has 1 aromatic carbocycles. The maximum Gasteiger partial charge on any atom is 0.0641 e. The number of rotatable bonds is 1. The summed E-state index contributed by atoms with van der Waals surface area (Å²) < 4.78 is 1.11. The smallest absolute Gasteiger partial charge is 0.0641 e. The minimum absolute atomic E-state index is 0.388. The average molecular weight is 276 g/mol. The molecule has 0 fully saturated rings. The zero-order valence-corrected chi connectivity index (χ0v) is 10.2. The highest BCUT2D eigenvalue weighted by Gasteiger charge is 2.22. The molecule has 0 saturated heterocycles. The lowest BCUT2D eigenvalue weighted by molar-refractivity contribution is 0.549. The van der Waals surface area contributed by atoms with Crippen molar-refractivity contribution >= 4 is 33.2 Å². The Labute approximate surface area is 97.2 Å². The van der Waals surface area contributed by atoms with Crippen LogP contribution in [0.1, 0.15) is 18.0 Å². The zero-order chi connectivity index (χ0) is 10.1. The molecular formula is C10H12BrClN2. The molecule has 0 aromatic heterocycles. The Balaban J connectivity index is 2.55. The molecule has 2 nitrogen and oxygen atoms in total. The summed E-state index contributed by atoms with van der Waals surface area (Å²) >= 11 is 9.68. The molecule has 0 spiro atoms. The number of benzene rings is 1. The van der Waals surface area contributed by atoms with E-state index in [1.54, 1.807) is 0 Å². The van der Waals surface area contributed by atoms with E-state index >= 15 is 0 Å². The summed E-state index contributed by atoms with van der Waals surface area (Å²) in [5, 5.41) is 7.43. The number of fused-ring (bicyclic) bond motifs is 1. The predicted molar refractivity (Wildman–Crippen MR) is 64.1 cm³/mol. The van der Waals surface area contributed by atoms with Gasteiger partial charge in [-0.3, -0.25) is 0 Å². The summed E-state index contributed by atoms with van der Waals surface area (Å²) in [5.74, 6) is 0. The van der Waals surface area contributed by atoms with E-state index in [1.807, 2.05) is 19.2 Å². The van der Waals surface area contributed by atoms with Gasteiger partial charge < -0.3 is 10.6 Å². The standard InChI is InChI=1S/C10H12BrClN2/c1-13-8-4-5-14-10-7(12)3-2-6(11)9(8)10/h2-3,8,13-14H,4-5H2,1H3. The molecule has 14 heavy (non-hydrogen) atoms. The van der Waals surface area contributed by atoms with E-state index in [0.29, 0.717) is 6.04 Å². The fraction of sp³-hybridized carbons (Fsp3) is 0.400. The molecule has 4 heteroatoms. The molecule has 2 rings (SSSR count). The third-order valence-corrected chi connectivity index (χ3v) is 3.58. The van der Waals surface area contributed by atoms with Crippen molar-refractivity contribution in [3.63, 3.8) is 0 Å². The molecule has 1 heterocycles. The van der Waals surface area contributed by atoms with E-state index in [0.717, 1.165) is 28.1 Å². The Bertz CT molecular complexity index is 354. The van der Waals surface area contributed by atoms with E-state index in [4.69, 9.17) is 11.6 Å². The second-order valence-corrected chi connectivity index (χ2v) is 4.64. The highest BCUT2D eigenvalue weighted by Crippen LogP contribution is 2.39. The van der Waals surface area contributed by atoms with Gasteiger partial charge in [0, 0.05) is 22.6 Å². The van der Waals surface area contributed by atoms with Crippen molar-refractivity contribution in [1.82, 2.24) is 5.32 Å². The van der Waals surface area contributed by atoms with Crippen molar-refractivity contribution in [3.05, 3.63) is 27.2 Å². The predicted octanol–water partition coefficient (Wildman–Crippen LogP) is 3.18.